The van der Waals surface area contributed by atoms with Crippen molar-refractivity contribution in [2.45, 2.75) is 17.0 Å². The van der Waals surface area contributed by atoms with Crippen LogP contribution in [0.25, 0.3) is 0 Å². The van der Waals surface area contributed by atoms with Crippen LogP contribution >= 0.6 is 11.6 Å². The van der Waals surface area contributed by atoms with E-state index < -0.39 is 43.5 Å². The lowest BCUT2D eigenvalue weighted by Crippen LogP contribution is -2.47. The maximum Gasteiger partial charge on any atom is 0.264 e. The Kier molecular flexibility index (Phi) is 4.80. The molecule has 0 saturated carbocycles. The summed E-state index contributed by atoms with van der Waals surface area (Å²) in [6, 6.07) is 12.7. The average Bonchev–Trinajstić information content (AvgIpc) is 2.81. The zero-order valence-electron chi connectivity index (χ0n) is 13.0. The Bertz CT molecular complexity index is 977. The van der Waals surface area contributed by atoms with E-state index in [2.05, 4.69) is 0 Å². The highest BCUT2D eigenvalue weighted by Gasteiger charge is 2.45. The summed E-state index contributed by atoms with van der Waals surface area (Å²) in [6.07, 6.45) is -1.32. The average molecular weight is 402 g/mol. The van der Waals surface area contributed by atoms with Gasteiger partial charge in [-0.2, -0.15) is 0 Å². The molecule has 9 heteroatoms. The van der Waals surface area contributed by atoms with E-state index in [9.17, 15) is 21.9 Å². The van der Waals surface area contributed by atoms with E-state index >= 15 is 0 Å². The van der Waals surface area contributed by atoms with Crippen LogP contribution in [0.1, 0.15) is 0 Å². The van der Waals surface area contributed by atoms with E-state index in [-0.39, 0.29) is 10.6 Å². The molecule has 6 nitrogen and oxygen atoms in total. The fraction of sp³-hybridized carbons (Fsp3) is 0.250. The van der Waals surface area contributed by atoms with Crippen LogP contribution in [0.2, 0.25) is 5.02 Å². The molecule has 0 aromatic heterocycles. The van der Waals surface area contributed by atoms with Gasteiger partial charge in [-0.1, -0.05) is 35.9 Å². The Morgan fingerprint density at radius 2 is 1.72 bits per heavy atom. The fourth-order valence-corrected chi connectivity index (χ4v) is 6.60. The van der Waals surface area contributed by atoms with Gasteiger partial charge in [-0.3, -0.25) is 4.31 Å². The normalized spacial score (nSPS) is 22.6. The minimum atomic E-state index is -4.09. The van der Waals surface area contributed by atoms with E-state index in [4.69, 9.17) is 11.6 Å². The second kappa shape index (κ2) is 6.60. The largest absolute Gasteiger partial charge is 0.390 e. The predicted molar refractivity (Wildman–Crippen MR) is 96.0 cm³/mol. The molecule has 2 unspecified atom stereocenters. The maximum absolute atomic E-state index is 13.2. The summed E-state index contributed by atoms with van der Waals surface area (Å²) < 4.78 is 51.1. The Balaban J connectivity index is 2.17. The van der Waals surface area contributed by atoms with Crippen molar-refractivity contribution in [3.05, 3.63) is 59.6 Å². The van der Waals surface area contributed by atoms with Crippen LogP contribution in [0.4, 0.5) is 5.69 Å². The summed E-state index contributed by atoms with van der Waals surface area (Å²) >= 11 is 5.98. The molecule has 0 amide bonds. The van der Waals surface area contributed by atoms with Crippen molar-refractivity contribution in [3.63, 3.8) is 0 Å². The van der Waals surface area contributed by atoms with Crippen molar-refractivity contribution in [3.8, 4) is 0 Å². The van der Waals surface area contributed by atoms with Gasteiger partial charge in [0, 0.05) is 5.02 Å². The summed E-state index contributed by atoms with van der Waals surface area (Å²) in [7, 11) is -7.63. The van der Waals surface area contributed by atoms with Gasteiger partial charge in [0.2, 0.25) is 0 Å². The van der Waals surface area contributed by atoms with Crippen LogP contribution in [0, 0.1) is 0 Å². The molecule has 3 rings (SSSR count). The zero-order valence-corrected chi connectivity index (χ0v) is 15.4. The van der Waals surface area contributed by atoms with E-state index in [1.165, 1.54) is 24.3 Å². The molecular formula is C16H16ClNO5S2. The molecule has 1 aliphatic rings. The highest BCUT2D eigenvalue weighted by atomic mass is 35.5. The number of benzene rings is 2. The van der Waals surface area contributed by atoms with Crippen molar-refractivity contribution >= 4 is 37.1 Å². The number of halogens is 1. The quantitative estimate of drug-likeness (QED) is 0.841. The molecule has 2 atom stereocenters. The molecule has 0 bridgehead atoms. The number of aliphatic hydroxyl groups is 1. The van der Waals surface area contributed by atoms with Gasteiger partial charge < -0.3 is 5.11 Å². The van der Waals surface area contributed by atoms with Gasteiger partial charge in [-0.25, -0.2) is 16.8 Å². The van der Waals surface area contributed by atoms with Crippen LogP contribution in [0.5, 0.6) is 0 Å². The second-order valence-corrected chi connectivity index (χ2v) is 10.2. The summed E-state index contributed by atoms with van der Waals surface area (Å²) in [4.78, 5) is 0.00599. The van der Waals surface area contributed by atoms with Crippen LogP contribution in [0.15, 0.2) is 59.5 Å². The first-order chi connectivity index (χ1) is 11.7. The lowest BCUT2D eigenvalue weighted by Gasteiger charge is -2.31. The molecule has 0 spiro atoms. The number of sulfonamides is 1. The van der Waals surface area contributed by atoms with Crippen molar-refractivity contribution in [2.24, 2.45) is 0 Å². The molecule has 134 valence electrons. The third-order valence-electron chi connectivity index (χ3n) is 3.96. The van der Waals surface area contributed by atoms with E-state index in [1.54, 1.807) is 30.3 Å². The lowest BCUT2D eigenvalue weighted by molar-refractivity contribution is 0.184. The number of anilines is 1. The molecule has 2 aromatic carbocycles. The Morgan fingerprint density at radius 3 is 2.28 bits per heavy atom. The first kappa shape index (κ1) is 18.2. The molecular weight excluding hydrogens is 386 g/mol. The lowest BCUT2D eigenvalue weighted by atomic mass is 10.2. The highest BCUT2D eigenvalue weighted by Crippen LogP contribution is 2.32. The smallest absolute Gasteiger partial charge is 0.264 e. The van der Waals surface area contributed by atoms with Gasteiger partial charge in [-0.05, 0) is 30.3 Å². The molecule has 1 aliphatic heterocycles. The van der Waals surface area contributed by atoms with Crippen LogP contribution in [0.3, 0.4) is 0 Å². The monoisotopic (exact) mass is 401 g/mol. The minimum Gasteiger partial charge on any atom is -0.390 e. The standard InChI is InChI=1S/C16H16ClNO5S2/c17-12-5-4-6-13(9-12)18(15-10-24(20,21)11-16(15)19)25(22,23)14-7-2-1-3-8-14/h1-9,15-16,19H,10-11H2. The van der Waals surface area contributed by atoms with Gasteiger partial charge in [0.15, 0.2) is 9.84 Å². The molecule has 1 heterocycles. The van der Waals surface area contributed by atoms with Gasteiger partial charge in [0.05, 0.1) is 34.2 Å². The summed E-state index contributed by atoms with van der Waals surface area (Å²) in [5, 5.41) is 10.5. The van der Waals surface area contributed by atoms with Crippen LogP contribution in [-0.4, -0.2) is 45.6 Å². The Labute approximate surface area is 151 Å². The highest BCUT2D eigenvalue weighted by molar-refractivity contribution is 7.93. The third kappa shape index (κ3) is 3.67. The van der Waals surface area contributed by atoms with Crippen LogP contribution < -0.4 is 4.31 Å². The van der Waals surface area contributed by atoms with Crippen molar-refractivity contribution in [1.29, 1.82) is 0 Å². The molecule has 1 N–H and O–H groups in total. The predicted octanol–water partition coefficient (Wildman–Crippen LogP) is 1.69. The number of hydrogen-bond acceptors (Lipinski definition) is 5. The second-order valence-electron chi connectivity index (χ2n) is 5.81. The molecule has 2 aromatic rings. The number of rotatable bonds is 4. The number of sulfone groups is 1. The van der Waals surface area contributed by atoms with E-state index in [0.717, 1.165) is 4.31 Å². The number of aliphatic hydroxyl groups excluding tert-OH is 1. The molecule has 1 saturated heterocycles. The molecule has 0 radical (unpaired) electrons. The Hall–Kier alpha value is -1.61. The molecule has 25 heavy (non-hydrogen) atoms. The summed E-state index contributed by atoms with van der Waals surface area (Å²) in [5.74, 6) is -0.925. The van der Waals surface area contributed by atoms with E-state index in [1.807, 2.05) is 0 Å². The van der Waals surface area contributed by atoms with Crippen molar-refractivity contribution in [1.82, 2.24) is 0 Å². The Morgan fingerprint density at radius 1 is 1.04 bits per heavy atom. The number of hydrogen-bond donors (Lipinski definition) is 1. The summed E-state index contributed by atoms with van der Waals surface area (Å²) in [6.45, 7) is 0. The maximum atomic E-state index is 13.2. The first-order valence-corrected chi connectivity index (χ1v) is 11.1. The summed E-state index contributed by atoms with van der Waals surface area (Å²) in [5.41, 5.74) is 0.206. The van der Waals surface area contributed by atoms with Gasteiger partial charge in [0.25, 0.3) is 10.0 Å². The van der Waals surface area contributed by atoms with Crippen LogP contribution in [-0.2, 0) is 19.9 Å². The van der Waals surface area contributed by atoms with E-state index in [0.29, 0.717) is 5.02 Å². The fourth-order valence-electron chi connectivity index (χ4n) is 2.86. The minimum absolute atomic E-state index is 0.00599. The zero-order chi connectivity index (χ0) is 18.2. The van der Waals surface area contributed by atoms with Gasteiger partial charge >= 0.3 is 0 Å². The van der Waals surface area contributed by atoms with Gasteiger partial charge in [-0.15, -0.1) is 0 Å². The van der Waals surface area contributed by atoms with Crippen molar-refractivity contribution < 1.29 is 21.9 Å². The molecule has 0 aliphatic carbocycles. The SMILES string of the molecule is O=S1(=O)CC(O)C(N(c2cccc(Cl)c2)S(=O)(=O)c2ccccc2)C1. The first-order valence-electron chi connectivity index (χ1n) is 7.44. The number of nitrogens with zero attached hydrogens (tertiary/aromatic N) is 1. The molecule has 1 fully saturated rings. The van der Waals surface area contributed by atoms with Crippen molar-refractivity contribution in [2.75, 3.05) is 15.8 Å². The topological polar surface area (TPSA) is 91.8 Å². The van der Waals surface area contributed by atoms with Gasteiger partial charge in [0.1, 0.15) is 0 Å². The third-order valence-corrected chi connectivity index (χ3v) is 7.76.